The van der Waals surface area contributed by atoms with Crippen molar-refractivity contribution < 1.29 is 4.79 Å². The average Bonchev–Trinajstić information content (AvgIpc) is 2.98. The number of aryl methyl sites for hydroxylation is 1. The Morgan fingerprint density at radius 3 is 2.29 bits per heavy atom. The Kier molecular flexibility index (Phi) is 4.76. The third kappa shape index (κ3) is 3.54. The number of carbonyl (C=O) groups is 1. The molecule has 3 rings (SSSR count). The number of nitrogens with one attached hydrogen (secondary N) is 1. The summed E-state index contributed by atoms with van der Waals surface area (Å²) in [5.74, 6) is -0.00200. The molecule has 1 amide bonds. The number of benzene rings is 2. The van der Waals surface area contributed by atoms with Crippen molar-refractivity contribution in [1.29, 1.82) is 0 Å². The van der Waals surface area contributed by atoms with Crippen molar-refractivity contribution in [3.05, 3.63) is 59.5 Å². The molecule has 0 saturated heterocycles. The van der Waals surface area contributed by atoms with Gasteiger partial charge in [0.25, 0.3) is 0 Å². The number of thiazole rings is 1. The molecule has 4 heteroatoms. The minimum absolute atomic E-state index is 0.0268. The third-order valence-corrected chi connectivity index (χ3v) is 4.79. The quantitative estimate of drug-likeness (QED) is 0.695. The molecule has 3 nitrogen and oxygen atoms in total. The van der Waals surface area contributed by atoms with E-state index in [0.29, 0.717) is 0 Å². The molecule has 0 unspecified atom stereocenters. The summed E-state index contributed by atoms with van der Waals surface area (Å²) in [6, 6.07) is 18.1. The summed E-state index contributed by atoms with van der Waals surface area (Å²) in [7, 11) is 0. The van der Waals surface area contributed by atoms with Crippen LogP contribution < -0.4 is 5.32 Å². The highest BCUT2D eigenvalue weighted by Crippen LogP contribution is 2.33. The zero-order valence-corrected chi connectivity index (χ0v) is 14.9. The van der Waals surface area contributed by atoms with Gasteiger partial charge in [0.2, 0.25) is 5.91 Å². The van der Waals surface area contributed by atoms with E-state index < -0.39 is 0 Å². The van der Waals surface area contributed by atoms with E-state index in [0.717, 1.165) is 27.5 Å². The first-order chi connectivity index (χ1) is 11.5. The highest BCUT2D eigenvalue weighted by molar-refractivity contribution is 7.15. The topological polar surface area (TPSA) is 42.0 Å². The molecular formula is C20H20N2OS. The second-order valence-electron chi connectivity index (χ2n) is 6.01. The van der Waals surface area contributed by atoms with Gasteiger partial charge in [-0.05, 0) is 19.1 Å². The van der Waals surface area contributed by atoms with Crippen LogP contribution in [0.1, 0.15) is 18.7 Å². The van der Waals surface area contributed by atoms with E-state index in [9.17, 15) is 4.79 Å². The maximum absolute atomic E-state index is 11.8. The number of aromatic nitrogens is 1. The lowest BCUT2D eigenvalue weighted by Crippen LogP contribution is -2.17. The SMILES string of the molecule is Cc1sc(-c2ccccc2)nc1-c1ccc(NC(=O)C(C)C)cc1. The first-order valence-corrected chi connectivity index (χ1v) is 8.80. The molecule has 0 bridgehead atoms. The molecule has 0 aliphatic rings. The van der Waals surface area contributed by atoms with Crippen LogP contribution in [0.2, 0.25) is 0 Å². The fourth-order valence-corrected chi connectivity index (χ4v) is 3.31. The Hall–Kier alpha value is -2.46. The van der Waals surface area contributed by atoms with Gasteiger partial charge in [0, 0.05) is 27.6 Å². The van der Waals surface area contributed by atoms with Crippen molar-refractivity contribution in [3.8, 4) is 21.8 Å². The molecular weight excluding hydrogens is 316 g/mol. The van der Waals surface area contributed by atoms with Gasteiger partial charge in [0.15, 0.2) is 0 Å². The summed E-state index contributed by atoms with van der Waals surface area (Å²) in [6.45, 7) is 5.86. The summed E-state index contributed by atoms with van der Waals surface area (Å²) >= 11 is 1.70. The molecule has 2 aromatic carbocycles. The smallest absolute Gasteiger partial charge is 0.226 e. The monoisotopic (exact) mass is 336 g/mol. The van der Waals surface area contributed by atoms with Crippen LogP contribution in [0.5, 0.6) is 0 Å². The largest absolute Gasteiger partial charge is 0.326 e. The molecule has 0 spiro atoms. The molecule has 0 fully saturated rings. The average molecular weight is 336 g/mol. The number of hydrogen-bond acceptors (Lipinski definition) is 3. The Morgan fingerprint density at radius 1 is 1.00 bits per heavy atom. The van der Waals surface area contributed by atoms with Crippen LogP contribution in [0.4, 0.5) is 5.69 Å². The second kappa shape index (κ2) is 6.97. The van der Waals surface area contributed by atoms with Crippen LogP contribution in [0.3, 0.4) is 0 Å². The Bertz CT molecular complexity index is 836. The first-order valence-electron chi connectivity index (χ1n) is 7.99. The molecule has 1 N–H and O–H groups in total. The molecule has 1 heterocycles. The number of hydrogen-bond donors (Lipinski definition) is 1. The van der Waals surface area contributed by atoms with E-state index >= 15 is 0 Å². The standard InChI is InChI=1S/C20H20N2OS/c1-13(2)19(23)21-17-11-9-15(10-12-17)18-14(3)24-20(22-18)16-7-5-4-6-8-16/h4-13H,1-3H3,(H,21,23). The maximum atomic E-state index is 11.8. The molecule has 0 radical (unpaired) electrons. The third-order valence-electron chi connectivity index (χ3n) is 3.77. The Balaban J connectivity index is 1.85. The van der Waals surface area contributed by atoms with Gasteiger partial charge in [-0.2, -0.15) is 0 Å². The molecule has 0 saturated carbocycles. The molecule has 0 aliphatic heterocycles. The number of rotatable bonds is 4. The van der Waals surface area contributed by atoms with Crippen molar-refractivity contribution in [2.24, 2.45) is 5.92 Å². The number of nitrogens with zero attached hydrogens (tertiary/aromatic N) is 1. The molecule has 1 aromatic heterocycles. The predicted molar refractivity (Wildman–Crippen MR) is 101 cm³/mol. The van der Waals surface area contributed by atoms with Crippen LogP contribution in [0, 0.1) is 12.8 Å². The fourth-order valence-electron chi connectivity index (χ4n) is 2.37. The van der Waals surface area contributed by atoms with E-state index in [1.807, 2.05) is 56.3 Å². The number of anilines is 1. The minimum atomic E-state index is -0.0288. The van der Waals surface area contributed by atoms with Gasteiger partial charge in [0.05, 0.1) is 5.69 Å². The van der Waals surface area contributed by atoms with Gasteiger partial charge in [-0.1, -0.05) is 56.3 Å². The van der Waals surface area contributed by atoms with Crippen LogP contribution in [-0.2, 0) is 4.79 Å². The summed E-state index contributed by atoms with van der Waals surface area (Å²) < 4.78 is 0. The van der Waals surface area contributed by atoms with E-state index in [-0.39, 0.29) is 11.8 Å². The van der Waals surface area contributed by atoms with Crippen LogP contribution in [0.25, 0.3) is 21.8 Å². The molecule has 0 atom stereocenters. The van der Waals surface area contributed by atoms with E-state index in [1.165, 1.54) is 4.88 Å². The zero-order chi connectivity index (χ0) is 17.1. The van der Waals surface area contributed by atoms with Crippen LogP contribution >= 0.6 is 11.3 Å². The fraction of sp³-hybridized carbons (Fsp3) is 0.200. The maximum Gasteiger partial charge on any atom is 0.226 e. The predicted octanol–water partition coefficient (Wildman–Crippen LogP) is 5.38. The lowest BCUT2D eigenvalue weighted by Gasteiger charge is -2.08. The Morgan fingerprint density at radius 2 is 1.67 bits per heavy atom. The number of carbonyl (C=O) groups excluding carboxylic acids is 1. The normalized spacial score (nSPS) is 10.8. The van der Waals surface area contributed by atoms with Gasteiger partial charge in [0.1, 0.15) is 5.01 Å². The summed E-state index contributed by atoms with van der Waals surface area (Å²) in [5, 5.41) is 3.94. The van der Waals surface area contributed by atoms with Gasteiger partial charge in [-0.25, -0.2) is 4.98 Å². The molecule has 0 aliphatic carbocycles. The van der Waals surface area contributed by atoms with E-state index in [1.54, 1.807) is 11.3 Å². The number of amides is 1. The molecule has 122 valence electrons. The van der Waals surface area contributed by atoms with Gasteiger partial charge >= 0.3 is 0 Å². The highest BCUT2D eigenvalue weighted by atomic mass is 32.1. The minimum Gasteiger partial charge on any atom is -0.326 e. The van der Waals surface area contributed by atoms with Gasteiger partial charge in [-0.3, -0.25) is 4.79 Å². The van der Waals surface area contributed by atoms with Gasteiger partial charge in [-0.15, -0.1) is 11.3 Å². The molecule has 24 heavy (non-hydrogen) atoms. The lowest BCUT2D eigenvalue weighted by atomic mass is 10.1. The summed E-state index contributed by atoms with van der Waals surface area (Å²) in [4.78, 5) is 17.7. The van der Waals surface area contributed by atoms with Crippen LogP contribution in [0.15, 0.2) is 54.6 Å². The second-order valence-corrected chi connectivity index (χ2v) is 7.21. The first kappa shape index (κ1) is 16.4. The van der Waals surface area contributed by atoms with Crippen molar-refractivity contribution in [2.45, 2.75) is 20.8 Å². The van der Waals surface area contributed by atoms with Crippen molar-refractivity contribution in [2.75, 3.05) is 5.32 Å². The van der Waals surface area contributed by atoms with Gasteiger partial charge < -0.3 is 5.32 Å². The van der Waals surface area contributed by atoms with E-state index in [2.05, 4.69) is 24.4 Å². The highest BCUT2D eigenvalue weighted by Gasteiger charge is 2.12. The van der Waals surface area contributed by atoms with E-state index in [4.69, 9.17) is 4.98 Å². The summed E-state index contributed by atoms with van der Waals surface area (Å²) in [6.07, 6.45) is 0. The summed E-state index contributed by atoms with van der Waals surface area (Å²) in [5.41, 5.74) is 4.01. The molecule has 3 aromatic rings. The van der Waals surface area contributed by atoms with Crippen molar-refractivity contribution in [3.63, 3.8) is 0 Å². The zero-order valence-electron chi connectivity index (χ0n) is 14.0. The van der Waals surface area contributed by atoms with Crippen molar-refractivity contribution in [1.82, 2.24) is 4.98 Å². The van der Waals surface area contributed by atoms with Crippen molar-refractivity contribution >= 4 is 22.9 Å². The van der Waals surface area contributed by atoms with Crippen LogP contribution in [-0.4, -0.2) is 10.9 Å². The lowest BCUT2D eigenvalue weighted by molar-refractivity contribution is -0.118. The Labute approximate surface area is 146 Å².